The van der Waals surface area contributed by atoms with Crippen molar-refractivity contribution in [2.75, 3.05) is 18.5 Å². The molecular formula is C15H15BrF3NO3. The summed E-state index contributed by atoms with van der Waals surface area (Å²) in [7, 11) is 0. The molecule has 0 aliphatic carbocycles. The molecule has 1 aromatic rings. The van der Waals surface area contributed by atoms with Crippen molar-refractivity contribution < 1.29 is 27.8 Å². The highest BCUT2D eigenvalue weighted by Crippen LogP contribution is 2.27. The van der Waals surface area contributed by atoms with Gasteiger partial charge in [0.2, 0.25) is 0 Å². The zero-order valence-electron chi connectivity index (χ0n) is 12.5. The van der Waals surface area contributed by atoms with E-state index in [9.17, 15) is 23.1 Å². The van der Waals surface area contributed by atoms with Crippen molar-refractivity contribution in [3.05, 3.63) is 40.2 Å². The van der Waals surface area contributed by atoms with E-state index >= 15 is 0 Å². The predicted octanol–water partition coefficient (Wildman–Crippen LogP) is 3.71. The van der Waals surface area contributed by atoms with E-state index in [1.807, 2.05) is 0 Å². The van der Waals surface area contributed by atoms with Gasteiger partial charge in [0, 0.05) is 29.7 Å². The summed E-state index contributed by atoms with van der Waals surface area (Å²) in [5, 5.41) is 10.7. The Bertz CT molecular complexity index is 660. The second-order valence-corrected chi connectivity index (χ2v) is 5.15. The minimum atomic E-state index is -1.39. The number of hydrogen-bond donors (Lipinski definition) is 1. The Labute approximate surface area is 139 Å². The molecule has 0 radical (unpaired) electrons. The molecule has 1 N–H and O–H groups in total. The van der Waals surface area contributed by atoms with Crippen LogP contribution in [0.2, 0.25) is 0 Å². The number of esters is 1. The van der Waals surface area contributed by atoms with Gasteiger partial charge in [0.25, 0.3) is 0 Å². The smallest absolute Gasteiger partial charge is 0.343 e. The lowest BCUT2D eigenvalue weighted by molar-refractivity contribution is -0.137. The molecule has 1 rings (SSSR count). The van der Waals surface area contributed by atoms with Crippen molar-refractivity contribution in [3.8, 4) is 0 Å². The fraction of sp³-hybridized carbons (Fsp3) is 0.333. The number of carbonyl (C=O) groups excluding carboxylic acids is 1. The Morgan fingerprint density at radius 1 is 1.39 bits per heavy atom. The van der Waals surface area contributed by atoms with Gasteiger partial charge in [-0.15, -0.1) is 0 Å². The molecule has 23 heavy (non-hydrogen) atoms. The van der Waals surface area contributed by atoms with Crippen LogP contribution in [-0.4, -0.2) is 35.8 Å². The van der Waals surface area contributed by atoms with Gasteiger partial charge in [0.1, 0.15) is 17.1 Å². The second kappa shape index (κ2) is 8.71. The SMILES string of the molecule is CCOC(=O)/C(C=NCCBr)=C(\O)c1c(F)cc(F)c(F)c1C. The Morgan fingerprint density at radius 3 is 2.61 bits per heavy atom. The summed E-state index contributed by atoms with van der Waals surface area (Å²) in [4.78, 5) is 15.8. The molecule has 0 saturated carbocycles. The first-order chi connectivity index (χ1) is 10.8. The number of alkyl halides is 1. The summed E-state index contributed by atoms with van der Waals surface area (Å²) in [6, 6.07) is 0.298. The fourth-order valence-corrected chi connectivity index (χ4v) is 1.97. The van der Waals surface area contributed by atoms with Crippen LogP contribution >= 0.6 is 15.9 Å². The number of hydrogen-bond acceptors (Lipinski definition) is 4. The first-order valence-electron chi connectivity index (χ1n) is 6.65. The molecule has 0 amide bonds. The molecule has 0 heterocycles. The Hall–Kier alpha value is -1.83. The van der Waals surface area contributed by atoms with Crippen LogP contribution in [0, 0.1) is 24.4 Å². The number of nitrogens with zero attached hydrogens (tertiary/aromatic N) is 1. The molecule has 0 fully saturated rings. The summed E-state index contributed by atoms with van der Waals surface area (Å²) < 4.78 is 45.5. The van der Waals surface area contributed by atoms with Crippen molar-refractivity contribution in [1.82, 2.24) is 0 Å². The third kappa shape index (κ3) is 4.57. The standard InChI is InChI=1S/C15H15BrF3NO3/c1-3-23-15(22)9(7-20-5-4-16)14(21)12-8(2)13(19)11(18)6-10(12)17/h6-7,21H,3-5H2,1-2H3/b14-9-,20-7?. The van der Waals surface area contributed by atoms with Crippen LogP contribution in [0.15, 0.2) is 16.6 Å². The number of aliphatic hydroxyl groups is 1. The zero-order valence-corrected chi connectivity index (χ0v) is 14.1. The average Bonchev–Trinajstić information content (AvgIpc) is 2.49. The number of carbonyl (C=O) groups is 1. The van der Waals surface area contributed by atoms with Crippen LogP contribution < -0.4 is 0 Å². The number of halogens is 4. The lowest BCUT2D eigenvalue weighted by Crippen LogP contribution is -2.13. The summed E-state index contributed by atoms with van der Waals surface area (Å²) in [5.41, 5.74) is -1.52. The highest BCUT2D eigenvalue weighted by atomic mass is 79.9. The molecule has 8 heteroatoms. The van der Waals surface area contributed by atoms with Crippen molar-refractivity contribution in [3.63, 3.8) is 0 Å². The summed E-state index contributed by atoms with van der Waals surface area (Å²) in [6.45, 7) is 2.94. The lowest BCUT2D eigenvalue weighted by Gasteiger charge is -2.11. The maximum Gasteiger partial charge on any atom is 0.343 e. The van der Waals surface area contributed by atoms with Gasteiger partial charge in [-0.3, -0.25) is 4.99 Å². The number of benzene rings is 1. The largest absolute Gasteiger partial charge is 0.506 e. The fourth-order valence-electron chi connectivity index (χ4n) is 1.76. The van der Waals surface area contributed by atoms with Crippen LogP contribution in [0.4, 0.5) is 13.2 Å². The van der Waals surface area contributed by atoms with Gasteiger partial charge in [-0.2, -0.15) is 0 Å². The number of aliphatic hydroxyl groups excluding tert-OH is 1. The molecule has 0 aliphatic rings. The monoisotopic (exact) mass is 393 g/mol. The van der Waals surface area contributed by atoms with E-state index in [1.165, 1.54) is 0 Å². The van der Waals surface area contributed by atoms with Gasteiger partial charge in [-0.05, 0) is 13.8 Å². The van der Waals surface area contributed by atoms with Crippen LogP contribution in [0.1, 0.15) is 18.1 Å². The third-order valence-corrected chi connectivity index (χ3v) is 3.18. The number of aliphatic imine (C=N–C) groups is 1. The Kier molecular flexibility index (Phi) is 7.28. The number of rotatable bonds is 6. The van der Waals surface area contributed by atoms with Gasteiger partial charge in [0.05, 0.1) is 12.2 Å². The quantitative estimate of drug-likeness (QED) is 0.200. The molecule has 0 unspecified atom stereocenters. The van der Waals surface area contributed by atoms with E-state index in [0.717, 1.165) is 13.1 Å². The van der Waals surface area contributed by atoms with E-state index in [2.05, 4.69) is 20.9 Å². The van der Waals surface area contributed by atoms with Crippen molar-refractivity contribution >= 4 is 33.9 Å². The Morgan fingerprint density at radius 2 is 2.04 bits per heavy atom. The molecule has 0 bridgehead atoms. The van der Waals surface area contributed by atoms with Gasteiger partial charge >= 0.3 is 5.97 Å². The molecule has 0 aliphatic heterocycles. The van der Waals surface area contributed by atoms with Gasteiger partial charge in [-0.25, -0.2) is 18.0 Å². The van der Waals surface area contributed by atoms with E-state index in [-0.39, 0.29) is 13.2 Å². The minimum absolute atomic E-state index is 0.0150. The van der Waals surface area contributed by atoms with Crippen LogP contribution in [0.25, 0.3) is 5.76 Å². The maximum absolute atomic E-state index is 13.9. The normalized spacial score (nSPS) is 12.4. The van der Waals surface area contributed by atoms with Gasteiger partial charge < -0.3 is 9.84 Å². The van der Waals surface area contributed by atoms with Gasteiger partial charge in [0.15, 0.2) is 11.6 Å². The van der Waals surface area contributed by atoms with E-state index in [0.29, 0.717) is 11.4 Å². The lowest BCUT2D eigenvalue weighted by atomic mass is 10.0. The molecule has 1 aromatic carbocycles. The summed E-state index contributed by atoms with van der Waals surface area (Å²) >= 11 is 3.13. The molecule has 0 atom stereocenters. The second-order valence-electron chi connectivity index (χ2n) is 4.36. The maximum atomic E-state index is 13.9. The highest BCUT2D eigenvalue weighted by Gasteiger charge is 2.23. The molecule has 4 nitrogen and oxygen atoms in total. The summed E-state index contributed by atoms with van der Waals surface area (Å²) in [6.07, 6.45) is 1.01. The van der Waals surface area contributed by atoms with Crippen LogP contribution in [0.5, 0.6) is 0 Å². The number of ether oxygens (including phenoxy) is 1. The van der Waals surface area contributed by atoms with E-state index in [1.54, 1.807) is 6.92 Å². The van der Waals surface area contributed by atoms with Crippen molar-refractivity contribution in [2.24, 2.45) is 4.99 Å². The van der Waals surface area contributed by atoms with Crippen LogP contribution in [-0.2, 0) is 9.53 Å². The van der Waals surface area contributed by atoms with Crippen molar-refractivity contribution in [2.45, 2.75) is 13.8 Å². The highest BCUT2D eigenvalue weighted by molar-refractivity contribution is 9.09. The van der Waals surface area contributed by atoms with Crippen molar-refractivity contribution in [1.29, 1.82) is 0 Å². The Balaban J connectivity index is 3.52. The first-order valence-corrected chi connectivity index (χ1v) is 7.77. The first kappa shape index (κ1) is 19.2. The molecule has 0 aromatic heterocycles. The molecule has 126 valence electrons. The zero-order chi connectivity index (χ0) is 17.6. The predicted molar refractivity (Wildman–Crippen MR) is 84.4 cm³/mol. The summed E-state index contributed by atoms with van der Waals surface area (Å²) in [5.74, 6) is -5.71. The third-order valence-electron chi connectivity index (χ3n) is 2.83. The molecular weight excluding hydrogens is 379 g/mol. The van der Waals surface area contributed by atoms with Crippen LogP contribution in [0.3, 0.4) is 0 Å². The molecule has 0 spiro atoms. The van der Waals surface area contributed by atoms with E-state index < -0.39 is 45.9 Å². The van der Waals surface area contributed by atoms with Gasteiger partial charge in [-0.1, -0.05) is 15.9 Å². The topological polar surface area (TPSA) is 58.9 Å². The molecule has 0 saturated heterocycles. The van der Waals surface area contributed by atoms with E-state index in [4.69, 9.17) is 4.74 Å². The average molecular weight is 394 g/mol. The minimum Gasteiger partial charge on any atom is -0.506 e.